The molecule has 1 aliphatic rings. The standard InChI is InChI=1S/C13H22N4O/c1-10(2)17-7-8-18-12(9-17)13-15-6-4-11(16-13)3-5-14/h4,6,10,12H,3,5,7-9,14H2,1-2H3. The molecule has 0 aromatic carbocycles. The fraction of sp³-hybridized carbons (Fsp3) is 0.692. The average molecular weight is 250 g/mol. The molecule has 1 aliphatic heterocycles. The van der Waals surface area contributed by atoms with Gasteiger partial charge in [-0.1, -0.05) is 0 Å². The summed E-state index contributed by atoms with van der Waals surface area (Å²) in [5, 5.41) is 0. The quantitative estimate of drug-likeness (QED) is 0.854. The van der Waals surface area contributed by atoms with Crippen LogP contribution in [0.2, 0.25) is 0 Å². The van der Waals surface area contributed by atoms with Gasteiger partial charge in [0.25, 0.3) is 0 Å². The van der Waals surface area contributed by atoms with Crippen molar-refractivity contribution in [3.05, 3.63) is 23.8 Å². The predicted octanol–water partition coefficient (Wildman–Crippen LogP) is 0.760. The second kappa shape index (κ2) is 6.22. The maximum absolute atomic E-state index is 5.78. The van der Waals surface area contributed by atoms with Gasteiger partial charge in [-0.3, -0.25) is 4.90 Å². The van der Waals surface area contributed by atoms with Crippen LogP contribution in [0.1, 0.15) is 31.5 Å². The van der Waals surface area contributed by atoms with E-state index in [1.54, 1.807) is 6.20 Å². The Morgan fingerprint density at radius 1 is 1.56 bits per heavy atom. The molecule has 0 saturated carbocycles. The summed E-state index contributed by atoms with van der Waals surface area (Å²) in [4.78, 5) is 11.3. The lowest BCUT2D eigenvalue weighted by molar-refractivity contribution is -0.0443. The molecule has 0 spiro atoms. The van der Waals surface area contributed by atoms with Crippen molar-refractivity contribution in [2.24, 2.45) is 5.73 Å². The molecule has 2 rings (SSSR count). The number of hydrogen-bond acceptors (Lipinski definition) is 5. The molecule has 0 radical (unpaired) electrons. The maximum atomic E-state index is 5.78. The van der Waals surface area contributed by atoms with Crippen LogP contribution in [0.3, 0.4) is 0 Å². The van der Waals surface area contributed by atoms with E-state index in [1.165, 1.54) is 0 Å². The van der Waals surface area contributed by atoms with Crippen LogP contribution in [-0.4, -0.2) is 47.2 Å². The van der Waals surface area contributed by atoms with Gasteiger partial charge in [-0.15, -0.1) is 0 Å². The second-order valence-corrected chi connectivity index (χ2v) is 4.89. The maximum Gasteiger partial charge on any atom is 0.158 e. The third kappa shape index (κ3) is 3.25. The third-order valence-corrected chi connectivity index (χ3v) is 3.25. The molecule has 1 unspecified atom stereocenters. The molecule has 5 heteroatoms. The summed E-state index contributed by atoms with van der Waals surface area (Å²) in [6, 6.07) is 2.45. The molecule has 0 amide bonds. The van der Waals surface area contributed by atoms with Gasteiger partial charge in [0.2, 0.25) is 0 Å². The molecular formula is C13H22N4O. The van der Waals surface area contributed by atoms with Gasteiger partial charge in [0.15, 0.2) is 5.82 Å². The van der Waals surface area contributed by atoms with Crippen LogP contribution in [0.25, 0.3) is 0 Å². The van der Waals surface area contributed by atoms with Crippen molar-refractivity contribution in [1.82, 2.24) is 14.9 Å². The van der Waals surface area contributed by atoms with Gasteiger partial charge in [0.1, 0.15) is 6.10 Å². The van der Waals surface area contributed by atoms with Gasteiger partial charge >= 0.3 is 0 Å². The molecule has 5 nitrogen and oxygen atoms in total. The molecule has 18 heavy (non-hydrogen) atoms. The molecule has 1 aromatic rings. The Labute approximate surface area is 108 Å². The highest BCUT2D eigenvalue weighted by molar-refractivity contribution is 5.05. The molecule has 1 aromatic heterocycles. The average Bonchev–Trinajstić information content (AvgIpc) is 2.39. The molecule has 1 saturated heterocycles. The molecule has 1 fully saturated rings. The van der Waals surface area contributed by atoms with Crippen LogP contribution < -0.4 is 5.73 Å². The largest absolute Gasteiger partial charge is 0.368 e. The third-order valence-electron chi connectivity index (χ3n) is 3.25. The zero-order valence-electron chi connectivity index (χ0n) is 11.2. The van der Waals surface area contributed by atoms with E-state index in [0.717, 1.165) is 37.6 Å². The number of ether oxygens (including phenoxy) is 1. The minimum absolute atomic E-state index is 0.0149. The van der Waals surface area contributed by atoms with Crippen LogP contribution in [0.4, 0.5) is 0 Å². The highest BCUT2D eigenvalue weighted by atomic mass is 16.5. The molecule has 100 valence electrons. The lowest BCUT2D eigenvalue weighted by atomic mass is 10.2. The zero-order chi connectivity index (χ0) is 13.0. The summed E-state index contributed by atoms with van der Waals surface area (Å²) in [7, 11) is 0. The molecule has 2 N–H and O–H groups in total. The van der Waals surface area contributed by atoms with E-state index in [4.69, 9.17) is 10.5 Å². The molecular weight excluding hydrogens is 228 g/mol. The normalized spacial score (nSPS) is 21.4. The fourth-order valence-electron chi connectivity index (χ4n) is 2.15. The van der Waals surface area contributed by atoms with Crippen molar-refractivity contribution in [1.29, 1.82) is 0 Å². The summed E-state index contributed by atoms with van der Waals surface area (Å²) in [5.41, 5.74) is 6.54. The smallest absolute Gasteiger partial charge is 0.158 e. The second-order valence-electron chi connectivity index (χ2n) is 4.89. The van der Waals surface area contributed by atoms with Crippen LogP contribution in [0, 0.1) is 0 Å². The lowest BCUT2D eigenvalue weighted by Crippen LogP contribution is -2.42. The first-order chi connectivity index (χ1) is 8.70. The van der Waals surface area contributed by atoms with E-state index < -0.39 is 0 Å². The monoisotopic (exact) mass is 250 g/mol. The molecule has 2 heterocycles. The van der Waals surface area contributed by atoms with E-state index in [2.05, 4.69) is 28.7 Å². The van der Waals surface area contributed by atoms with E-state index in [-0.39, 0.29) is 6.10 Å². The summed E-state index contributed by atoms with van der Waals surface area (Å²) in [5.74, 6) is 0.784. The van der Waals surface area contributed by atoms with Crippen molar-refractivity contribution >= 4 is 0 Å². The van der Waals surface area contributed by atoms with Crippen LogP contribution in [0.15, 0.2) is 12.3 Å². The Hall–Kier alpha value is -1.04. The molecule has 1 atom stereocenters. The summed E-state index contributed by atoms with van der Waals surface area (Å²) in [6.07, 6.45) is 2.57. The summed E-state index contributed by atoms with van der Waals surface area (Å²) >= 11 is 0. The highest BCUT2D eigenvalue weighted by Gasteiger charge is 2.25. The number of rotatable bonds is 4. The van der Waals surface area contributed by atoms with Crippen molar-refractivity contribution < 1.29 is 4.74 Å². The van der Waals surface area contributed by atoms with E-state index in [0.29, 0.717) is 12.6 Å². The first-order valence-corrected chi connectivity index (χ1v) is 6.58. The first kappa shape index (κ1) is 13.4. The summed E-state index contributed by atoms with van der Waals surface area (Å²) < 4.78 is 5.78. The SMILES string of the molecule is CC(C)N1CCOC(c2nccc(CCN)n2)C1. The number of aromatic nitrogens is 2. The minimum Gasteiger partial charge on any atom is -0.368 e. The van der Waals surface area contributed by atoms with Crippen molar-refractivity contribution in [3.8, 4) is 0 Å². The van der Waals surface area contributed by atoms with Gasteiger partial charge < -0.3 is 10.5 Å². The van der Waals surface area contributed by atoms with Crippen molar-refractivity contribution in [2.75, 3.05) is 26.2 Å². The van der Waals surface area contributed by atoms with E-state index >= 15 is 0 Å². The topological polar surface area (TPSA) is 64.3 Å². The Balaban J connectivity index is 2.08. The van der Waals surface area contributed by atoms with Gasteiger partial charge in [0.05, 0.1) is 6.61 Å². The van der Waals surface area contributed by atoms with Crippen LogP contribution in [0.5, 0.6) is 0 Å². The van der Waals surface area contributed by atoms with Crippen LogP contribution in [-0.2, 0) is 11.2 Å². The number of hydrogen-bond donors (Lipinski definition) is 1. The number of nitrogens with two attached hydrogens (primary N) is 1. The van der Waals surface area contributed by atoms with Crippen molar-refractivity contribution in [3.63, 3.8) is 0 Å². The Bertz CT molecular complexity index is 383. The van der Waals surface area contributed by atoms with Gasteiger partial charge in [-0.2, -0.15) is 0 Å². The van der Waals surface area contributed by atoms with E-state index in [9.17, 15) is 0 Å². The Morgan fingerprint density at radius 3 is 3.11 bits per heavy atom. The Morgan fingerprint density at radius 2 is 2.39 bits per heavy atom. The van der Waals surface area contributed by atoms with Gasteiger partial charge in [-0.05, 0) is 26.5 Å². The highest BCUT2D eigenvalue weighted by Crippen LogP contribution is 2.20. The van der Waals surface area contributed by atoms with E-state index in [1.807, 2.05) is 6.07 Å². The molecule has 0 aliphatic carbocycles. The minimum atomic E-state index is -0.0149. The fourth-order valence-corrected chi connectivity index (χ4v) is 2.15. The number of nitrogens with zero attached hydrogens (tertiary/aromatic N) is 3. The Kier molecular flexibility index (Phi) is 4.63. The van der Waals surface area contributed by atoms with Crippen molar-refractivity contribution in [2.45, 2.75) is 32.4 Å². The number of morpholine rings is 1. The van der Waals surface area contributed by atoms with Gasteiger partial charge in [-0.25, -0.2) is 9.97 Å². The summed E-state index contributed by atoms with van der Waals surface area (Å²) in [6.45, 7) is 7.61. The molecule has 0 bridgehead atoms. The van der Waals surface area contributed by atoms with Crippen LogP contribution >= 0.6 is 0 Å². The predicted molar refractivity (Wildman–Crippen MR) is 70.2 cm³/mol. The zero-order valence-corrected chi connectivity index (χ0v) is 11.2. The van der Waals surface area contributed by atoms with Gasteiger partial charge in [0, 0.05) is 37.4 Å². The first-order valence-electron chi connectivity index (χ1n) is 6.58. The lowest BCUT2D eigenvalue weighted by Gasteiger charge is -2.34.